The van der Waals surface area contributed by atoms with Crippen molar-refractivity contribution in [2.24, 2.45) is 5.41 Å². The summed E-state index contributed by atoms with van der Waals surface area (Å²) in [5.74, 6) is 0. The highest BCUT2D eigenvalue weighted by atomic mass is 32.2. The van der Waals surface area contributed by atoms with Gasteiger partial charge in [-0.25, -0.2) is 13.1 Å². The lowest BCUT2D eigenvalue weighted by atomic mass is 9.60. The van der Waals surface area contributed by atoms with Gasteiger partial charge in [-0.2, -0.15) is 0 Å². The summed E-state index contributed by atoms with van der Waals surface area (Å²) in [7, 11) is -3.12. The summed E-state index contributed by atoms with van der Waals surface area (Å²) in [4.78, 5) is 0. The molecule has 5 heteroatoms. The molecule has 0 aromatic rings. The summed E-state index contributed by atoms with van der Waals surface area (Å²) in [6.07, 6.45) is 4.12. The molecule has 0 amide bonds. The molecule has 1 aliphatic heterocycles. The molecule has 2 rings (SSSR count). The van der Waals surface area contributed by atoms with Crippen LogP contribution in [0.25, 0.3) is 0 Å². The van der Waals surface area contributed by atoms with Gasteiger partial charge >= 0.3 is 0 Å². The maximum Gasteiger partial charge on any atom is 0.214 e. The molecule has 1 saturated heterocycles. The van der Waals surface area contributed by atoms with E-state index in [1.54, 1.807) is 13.8 Å². The van der Waals surface area contributed by atoms with Crippen LogP contribution in [0.1, 0.15) is 39.5 Å². The van der Waals surface area contributed by atoms with Gasteiger partial charge in [-0.3, -0.25) is 0 Å². The molecule has 1 unspecified atom stereocenters. The van der Waals surface area contributed by atoms with Gasteiger partial charge in [0.2, 0.25) is 10.0 Å². The van der Waals surface area contributed by atoms with Crippen molar-refractivity contribution in [3.05, 3.63) is 0 Å². The molecule has 0 bridgehead atoms. The third kappa shape index (κ3) is 2.13. The van der Waals surface area contributed by atoms with Crippen molar-refractivity contribution in [1.29, 1.82) is 0 Å². The number of ether oxygens (including phenoxy) is 1. The van der Waals surface area contributed by atoms with Gasteiger partial charge in [-0.05, 0) is 44.9 Å². The zero-order valence-corrected chi connectivity index (χ0v) is 10.8. The SMILES string of the molecule is CC(C)S(=O)(=O)NC1CCC12CCOCC2. The third-order valence-electron chi connectivity index (χ3n) is 4.09. The lowest BCUT2D eigenvalue weighted by Gasteiger charge is -2.52. The topological polar surface area (TPSA) is 55.4 Å². The largest absolute Gasteiger partial charge is 0.381 e. The molecule has 0 aromatic carbocycles. The number of rotatable bonds is 3. The molecule has 1 N–H and O–H groups in total. The van der Waals surface area contributed by atoms with Gasteiger partial charge in [-0.15, -0.1) is 0 Å². The third-order valence-corrected chi connectivity index (χ3v) is 5.94. The van der Waals surface area contributed by atoms with Gasteiger partial charge in [0.15, 0.2) is 0 Å². The van der Waals surface area contributed by atoms with Gasteiger partial charge in [-0.1, -0.05) is 0 Å². The second-order valence-corrected chi connectivity index (χ2v) is 7.55. The van der Waals surface area contributed by atoms with E-state index in [1.807, 2.05) is 0 Å². The van der Waals surface area contributed by atoms with Gasteiger partial charge in [0, 0.05) is 19.3 Å². The van der Waals surface area contributed by atoms with Crippen LogP contribution in [-0.2, 0) is 14.8 Å². The minimum absolute atomic E-state index is 0.142. The normalized spacial score (nSPS) is 29.3. The zero-order chi connectivity index (χ0) is 11.8. The maximum absolute atomic E-state index is 11.8. The Morgan fingerprint density at radius 2 is 1.88 bits per heavy atom. The van der Waals surface area contributed by atoms with E-state index in [0.29, 0.717) is 0 Å². The van der Waals surface area contributed by atoms with Crippen LogP contribution in [0.15, 0.2) is 0 Å². The lowest BCUT2D eigenvalue weighted by Crippen LogP contribution is -2.58. The first-order valence-electron chi connectivity index (χ1n) is 6.05. The predicted molar refractivity (Wildman–Crippen MR) is 62.7 cm³/mol. The minimum Gasteiger partial charge on any atom is -0.381 e. The van der Waals surface area contributed by atoms with Crippen molar-refractivity contribution in [1.82, 2.24) is 4.72 Å². The zero-order valence-electron chi connectivity index (χ0n) is 10.0. The van der Waals surface area contributed by atoms with Crippen LogP contribution in [0.4, 0.5) is 0 Å². The van der Waals surface area contributed by atoms with Crippen molar-refractivity contribution in [2.75, 3.05) is 13.2 Å². The maximum atomic E-state index is 11.8. The van der Waals surface area contributed by atoms with Gasteiger partial charge in [0.1, 0.15) is 0 Å². The van der Waals surface area contributed by atoms with Gasteiger partial charge in [0.05, 0.1) is 5.25 Å². The van der Waals surface area contributed by atoms with Crippen molar-refractivity contribution in [3.8, 4) is 0 Å². The quantitative estimate of drug-likeness (QED) is 0.817. The lowest BCUT2D eigenvalue weighted by molar-refractivity contribution is -0.0483. The van der Waals surface area contributed by atoms with Crippen molar-refractivity contribution in [2.45, 2.75) is 50.8 Å². The van der Waals surface area contributed by atoms with Gasteiger partial charge < -0.3 is 4.74 Å². The van der Waals surface area contributed by atoms with E-state index in [4.69, 9.17) is 4.74 Å². The smallest absolute Gasteiger partial charge is 0.214 e. The van der Waals surface area contributed by atoms with E-state index in [9.17, 15) is 8.42 Å². The molecule has 4 nitrogen and oxygen atoms in total. The highest BCUT2D eigenvalue weighted by molar-refractivity contribution is 7.90. The molecule has 2 fully saturated rings. The molecule has 1 saturated carbocycles. The van der Waals surface area contributed by atoms with Crippen molar-refractivity contribution < 1.29 is 13.2 Å². The van der Waals surface area contributed by atoms with E-state index in [1.165, 1.54) is 0 Å². The first-order valence-corrected chi connectivity index (χ1v) is 7.60. The van der Waals surface area contributed by atoms with Crippen LogP contribution in [0, 0.1) is 5.41 Å². The summed E-state index contributed by atoms with van der Waals surface area (Å²) >= 11 is 0. The molecule has 16 heavy (non-hydrogen) atoms. The molecule has 1 atom stereocenters. The highest BCUT2D eigenvalue weighted by Gasteiger charge is 2.48. The fraction of sp³-hybridized carbons (Fsp3) is 1.00. The molecular weight excluding hydrogens is 226 g/mol. The molecule has 0 aromatic heterocycles. The minimum atomic E-state index is -3.12. The number of sulfonamides is 1. The average Bonchev–Trinajstić information content (AvgIpc) is 2.26. The molecule has 94 valence electrons. The standard InChI is InChI=1S/C11H21NO3S/c1-9(2)16(13,14)12-10-3-4-11(10)5-7-15-8-6-11/h9-10,12H,3-8H2,1-2H3. The summed E-state index contributed by atoms with van der Waals surface area (Å²) in [5, 5.41) is -0.343. The fourth-order valence-corrected chi connectivity index (χ4v) is 3.63. The molecule has 1 heterocycles. The number of hydrogen-bond acceptors (Lipinski definition) is 3. The second kappa shape index (κ2) is 4.27. The second-order valence-electron chi connectivity index (χ2n) is 5.28. The molecular formula is C11H21NO3S. The molecule has 1 aliphatic carbocycles. The van der Waals surface area contributed by atoms with Crippen LogP contribution in [-0.4, -0.2) is 32.9 Å². The van der Waals surface area contributed by atoms with Crippen LogP contribution in [0.5, 0.6) is 0 Å². The van der Waals surface area contributed by atoms with Gasteiger partial charge in [0.25, 0.3) is 0 Å². The van der Waals surface area contributed by atoms with Crippen LogP contribution < -0.4 is 4.72 Å². The van der Waals surface area contributed by atoms with E-state index in [-0.39, 0.29) is 16.7 Å². The number of hydrogen-bond donors (Lipinski definition) is 1. The summed E-state index contributed by atoms with van der Waals surface area (Å²) in [6.45, 7) is 5.00. The molecule has 0 radical (unpaired) electrons. The Labute approximate surface area is 97.8 Å². The Morgan fingerprint density at radius 1 is 1.25 bits per heavy atom. The van der Waals surface area contributed by atoms with Crippen molar-refractivity contribution >= 4 is 10.0 Å². The Hall–Kier alpha value is -0.130. The summed E-state index contributed by atoms with van der Waals surface area (Å²) < 4.78 is 31.9. The van der Waals surface area contributed by atoms with E-state index >= 15 is 0 Å². The Balaban J connectivity index is 2.01. The fourth-order valence-electron chi connectivity index (χ4n) is 2.59. The first-order chi connectivity index (χ1) is 7.46. The Bertz CT molecular complexity index is 344. The van der Waals surface area contributed by atoms with Crippen LogP contribution in [0.2, 0.25) is 0 Å². The van der Waals surface area contributed by atoms with Crippen LogP contribution >= 0.6 is 0 Å². The van der Waals surface area contributed by atoms with E-state index in [2.05, 4.69) is 4.72 Å². The monoisotopic (exact) mass is 247 g/mol. The Kier molecular flexibility index (Phi) is 3.29. The average molecular weight is 247 g/mol. The van der Waals surface area contributed by atoms with Crippen molar-refractivity contribution in [3.63, 3.8) is 0 Å². The number of nitrogens with one attached hydrogen (secondary N) is 1. The molecule has 2 aliphatic rings. The molecule has 1 spiro atoms. The summed E-state index contributed by atoms with van der Waals surface area (Å²) in [6, 6.07) is 0.142. The Morgan fingerprint density at radius 3 is 2.31 bits per heavy atom. The predicted octanol–water partition coefficient (Wildman–Crippen LogP) is 1.27. The first kappa shape index (κ1) is 12.3. The van der Waals surface area contributed by atoms with E-state index in [0.717, 1.165) is 38.9 Å². The van der Waals surface area contributed by atoms with Crippen LogP contribution in [0.3, 0.4) is 0 Å². The summed E-state index contributed by atoms with van der Waals surface area (Å²) in [5.41, 5.74) is 0.195. The van der Waals surface area contributed by atoms with E-state index < -0.39 is 10.0 Å². The highest BCUT2D eigenvalue weighted by Crippen LogP contribution is 2.49.